The maximum atomic E-state index is 14.0. The van der Waals surface area contributed by atoms with Gasteiger partial charge in [0.2, 0.25) is 11.8 Å². The van der Waals surface area contributed by atoms with Gasteiger partial charge < -0.3 is 24.9 Å². The second-order valence-corrected chi connectivity index (χ2v) is 12.6. The van der Waals surface area contributed by atoms with Crippen molar-refractivity contribution in [1.82, 2.24) is 4.90 Å². The molecule has 3 amide bonds. The zero-order valence-electron chi connectivity index (χ0n) is 24.2. The summed E-state index contributed by atoms with van der Waals surface area (Å²) < 4.78 is 0.752. The lowest BCUT2D eigenvalue weighted by Gasteiger charge is -2.28. The van der Waals surface area contributed by atoms with Crippen LogP contribution in [0.4, 0.5) is 11.4 Å². The number of hydrogen-bond donors (Lipinski definition) is 2. The molecule has 5 rings (SSSR count). The van der Waals surface area contributed by atoms with Gasteiger partial charge in [-0.15, -0.1) is 0 Å². The second-order valence-electron chi connectivity index (χ2n) is 11.7. The summed E-state index contributed by atoms with van der Waals surface area (Å²) in [6.45, 7) is 3.32. The van der Waals surface area contributed by atoms with Crippen LogP contribution in [-0.4, -0.2) is 58.6 Å². The first-order valence-electron chi connectivity index (χ1n) is 15.0. The Hall–Kier alpha value is -3.01. The second kappa shape index (κ2) is 13.1. The third kappa shape index (κ3) is 6.05. The summed E-state index contributed by atoms with van der Waals surface area (Å²) in [6.07, 6.45) is 9.89. The van der Waals surface area contributed by atoms with Crippen LogP contribution in [0.5, 0.6) is 0 Å². The van der Waals surface area contributed by atoms with Gasteiger partial charge in [-0.1, -0.05) is 60.0 Å². The summed E-state index contributed by atoms with van der Waals surface area (Å²) in [5, 5.41) is 21.6. The first-order chi connectivity index (χ1) is 20.2. The van der Waals surface area contributed by atoms with Gasteiger partial charge in [-0.25, -0.2) is 0 Å². The highest BCUT2D eigenvalue weighted by molar-refractivity contribution is 9.10. The number of benzene rings is 2. The monoisotopic (exact) mass is 637 g/mol. The van der Waals surface area contributed by atoms with Crippen LogP contribution < -0.4 is 9.80 Å². The number of amides is 3. The fourth-order valence-corrected chi connectivity index (χ4v) is 6.86. The molecule has 0 unspecified atom stereocenters. The van der Waals surface area contributed by atoms with Crippen molar-refractivity contribution in [1.29, 1.82) is 0 Å². The van der Waals surface area contributed by atoms with Crippen LogP contribution in [0.3, 0.4) is 0 Å². The van der Waals surface area contributed by atoms with E-state index in [2.05, 4.69) is 15.9 Å². The van der Waals surface area contributed by atoms with Gasteiger partial charge in [0, 0.05) is 47.6 Å². The standard InChI is InChI=1S/C33H40BrN3O5/c1-23(9-6-14-31(40)36-18-8-12-27(36)22-38)33(42)28-20-25(34)15-16-29(28)37(32(33)41)21-24-10-7-11-26(19-24)35-17-5-3-2-4-13-30(35)39/h6-7,9-11,15-16,19-20,23,27,38,42H,2-5,8,12-14,17-18,21-22H2,1H3/b9-6+/t23-,27-,33+/m0/s1. The Morgan fingerprint density at radius 1 is 1.10 bits per heavy atom. The molecule has 3 heterocycles. The van der Waals surface area contributed by atoms with E-state index in [9.17, 15) is 24.6 Å². The summed E-state index contributed by atoms with van der Waals surface area (Å²) in [7, 11) is 0. The number of likely N-dealkylation sites (tertiary alicyclic amines) is 1. The van der Waals surface area contributed by atoms with E-state index in [-0.39, 0.29) is 37.4 Å². The zero-order chi connectivity index (χ0) is 29.9. The van der Waals surface area contributed by atoms with Crippen LogP contribution in [0, 0.1) is 5.92 Å². The van der Waals surface area contributed by atoms with E-state index in [1.54, 1.807) is 34.9 Å². The molecule has 0 aliphatic carbocycles. The van der Waals surface area contributed by atoms with E-state index in [4.69, 9.17) is 0 Å². The van der Waals surface area contributed by atoms with Crippen molar-refractivity contribution in [3.05, 3.63) is 70.2 Å². The van der Waals surface area contributed by atoms with Gasteiger partial charge in [0.25, 0.3) is 5.91 Å². The minimum Gasteiger partial charge on any atom is -0.394 e. The van der Waals surface area contributed by atoms with Crippen LogP contribution in [-0.2, 0) is 26.5 Å². The predicted octanol–water partition coefficient (Wildman–Crippen LogP) is 5.05. The molecule has 0 aromatic heterocycles. The van der Waals surface area contributed by atoms with Gasteiger partial charge in [0.1, 0.15) is 0 Å². The molecule has 3 atom stereocenters. The number of nitrogens with zero attached hydrogens (tertiary/aromatic N) is 3. The zero-order valence-corrected chi connectivity index (χ0v) is 25.8. The van der Waals surface area contributed by atoms with E-state index >= 15 is 0 Å². The number of anilines is 2. The molecule has 2 aromatic rings. The van der Waals surface area contributed by atoms with Crippen LogP contribution in [0.2, 0.25) is 0 Å². The molecule has 9 heteroatoms. The molecule has 224 valence electrons. The maximum absolute atomic E-state index is 14.0. The van der Waals surface area contributed by atoms with Crippen molar-refractivity contribution < 1.29 is 24.6 Å². The van der Waals surface area contributed by atoms with Crippen LogP contribution in [0.1, 0.15) is 69.4 Å². The molecular formula is C33H40BrN3O5. The minimum atomic E-state index is -1.81. The van der Waals surface area contributed by atoms with E-state index in [1.165, 1.54) is 0 Å². The van der Waals surface area contributed by atoms with Gasteiger partial charge in [-0.3, -0.25) is 14.4 Å². The Morgan fingerprint density at radius 3 is 2.71 bits per heavy atom. The van der Waals surface area contributed by atoms with Crippen molar-refractivity contribution >= 4 is 45.0 Å². The van der Waals surface area contributed by atoms with Gasteiger partial charge in [0.15, 0.2) is 5.60 Å². The van der Waals surface area contributed by atoms with Gasteiger partial charge >= 0.3 is 0 Å². The number of rotatable bonds is 8. The molecule has 3 aliphatic rings. The molecule has 2 fully saturated rings. The molecule has 8 nitrogen and oxygen atoms in total. The molecule has 0 saturated carbocycles. The fourth-order valence-electron chi connectivity index (χ4n) is 6.50. The molecule has 0 bridgehead atoms. The number of carbonyl (C=O) groups is 3. The third-order valence-corrected chi connectivity index (χ3v) is 9.40. The lowest BCUT2D eigenvalue weighted by molar-refractivity contribution is -0.139. The lowest BCUT2D eigenvalue weighted by Crippen LogP contribution is -2.44. The van der Waals surface area contributed by atoms with Crippen molar-refractivity contribution in [2.45, 2.75) is 76.5 Å². The molecule has 0 radical (unpaired) electrons. The Kier molecular flexibility index (Phi) is 9.50. The first kappa shape index (κ1) is 30.4. The summed E-state index contributed by atoms with van der Waals surface area (Å²) >= 11 is 3.50. The molecule has 0 spiro atoms. The Balaban J connectivity index is 1.36. The largest absolute Gasteiger partial charge is 0.394 e. The smallest absolute Gasteiger partial charge is 0.264 e. The summed E-state index contributed by atoms with van der Waals surface area (Å²) in [4.78, 5) is 44.8. The highest BCUT2D eigenvalue weighted by Crippen LogP contribution is 2.47. The van der Waals surface area contributed by atoms with Gasteiger partial charge in [-0.2, -0.15) is 0 Å². The quantitative estimate of drug-likeness (QED) is 0.395. The number of halogens is 1. The van der Waals surface area contributed by atoms with E-state index in [1.807, 2.05) is 41.3 Å². The van der Waals surface area contributed by atoms with Crippen LogP contribution in [0.25, 0.3) is 0 Å². The highest BCUT2D eigenvalue weighted by atomic mass is 79.9. The highest BCUT2D eigenvalue weighted by Gasteiger charge is 2.52. The van der Waals surface area contributed by atoms with E-state index < -0.39 is 17.4 Å². The number of aliphatic hydroxyl groups excluding tert-OH is 1. The van der Waals surface area contributed by atoms with Crippen LogP contribution in [0.15, 0.2) is 59.1 Å². The predicted molar refractivity (Wildman–Crippen MR) is 166 cm³/mol. The summed E-state index contributed by atoms with van der Waals surface area (Å²) in [5.41, 5.74) is 1.04. The van der Waals surface area contributed by atoms with E-state index in [0.717, 1.165) is 54.2 Å². The average Bonchev–Trinajstić information content (AvgIpc) is 3.53. The number of hydrogen-bond acceptors (Lipinski definition) is 5. The lowest BCUT2D eigenvalue weighted by atomic mass is 9.83. The Morgan fingerprint density at radius 2 is 1.90 bits per heavy atom. The van der Waals surface area contributed by atoms with Gasteiger partial charge in [0.05, 0.1) is 24.9 Å². The fraction of sp³-hybridized carbons (Fsp3) is 0.485. The number of aliphatic hydroxyl groups is 2. The minimum absolute atomic E-state index is 0.0428. The Labute approximate surface area is 256 Å². The van der Waals surface area contributed by atoms with Crippen molar-refractivity contribution in [3.8, 4) is 0 Å². The maximum Gasteiger partial charge on any atom is 0.264 e. The Bertz CT molecular complexity index is 1360. The third-order valence-electron chi connectivity index (χ3n) is 8.90. The average molecular weight is 639 g/mol. The normalized spacial score (nSPS) is 23.8. The molecule has 2 N–H and O–H groups in total. The molecular weight excluding hydrogens is 598 g/mol. The number of carbonyl (C=O) groups excluding carboxylic acids is 3. The van der Waals surface area contributed by atoms with Crippen molar-refractivity contribution in [2.75, 3.05) is 29.5 Å². The van der Waals surface area contributed by atoms with E-state index in [0.29, 0.717) is 30.8 Å². The summed E-state index contributed by atoms with van der Waals surface area (Å²) in [5.74, 6) is -0.966. The van der Waals surface area contributed by atoms with Crippen molar-refractivity contribution in [3.63, 3.8) is 0 Å². The molecule has 2 aromatic carbocycles. The summed E-state index contributed by atoms with van der Waals surface area (Å²) in [6, 6.07) is 13.1. The first-order valence-corrected chi connectivity index (χ1v) is 15.8. The molecule has 2 saturated heterocycles. The SMILES string of the molecule is C[C@@H](/C=C/CC(=O)N1CCC[C@H]1CO)[C@]1(O)C(=O)N(Cc2cccc(N3CCCCCCC3=O)c2)c2ccc(Br)cc21. The number of fused-ring (bicyclic) bond motifs is 1. The molecule has 42 heavy (non-hydrogen) atoms. The topological polar surface area (TPSA) is 101 Å². The van der Waals surface area contributed by atoms with Crippen LogP contribution >= 0.6 is 15.9 Å². The van der Waals surface area contributed by atoms with Gasteiger partial charge in [-0.05, 0) is 61.6 Å². The molecule has 3 aliphatic heterocycles. The van der Waals surface area contributed by atoms with Crippen molar-refractivity contribution in [2.24, 2.45) is 5.92 Å².